The van der Waals surface area contributed by atoms with Crippen LogP contribution in [0.2, 0.25) is 0 Å². The molecule has 0 bridgehead atoms. The lowest BCUT2D eigenvalue weighted by Crippen LogP contribution is -2.26. The minimum Gasteiger partial charge on any atom is -0.356 e. The van der Waals surface area contributed by atoms with Gasteiger partial charge >= 0.3 is 0 Å². The van der Waals surface area contributed by atoms with E-state index in [1.165, 1.54) is 32.1 Å². The number of carbonyl (C=O) groups is 1. The fourth-order valence-corrected chi connectivity index (χ4v) is 2.57. The van der Waals surface area contributed by atoms with E-state index >= 15 is 0 Å². The van der Waals surface area contributed by atoms with Gasteiger partial charge in [0, 0.05) is 18.3 Å². The first-order valence-electron chi connectivity index (χ1n) is 6.05. The topological polar surface area (TPSA) is 29.1 Å². The summed E-state index contributed by atoms with van der Waals surface area (Å²) in [7, 11) is 0. The third-order valence-corrected chi connectivity index (χ3v) is 3.73. The summed E-state index contributed by atoms with van der Waals surface area (Å²) in [6.45, 7) is 3.21. The van der Waals surface area contributed by atoms with Crippen molar-refractivity contribution in [3.05, 3.63) is 0 Å². The summed E-state index contributed by atoms with van der Waals surface area (Å²) in [5, 5.41) is 3.74. The molecule has 2 nitrogen and oxygen atoms in total. The van der Waals surface area contributed by atoms with Crippen molar-refractivity contribution in [3.8, 4) is 0 Å². The monoisotopic (exact) mass is 275 g/mol. The van der Waals surface area contributed by atoms with Crippen LogP contribution in [-0.2, 0) is 4.79 Å². The molecule has 1 aliphatic rings. The van der Waals surface area contributed by atoms with E-state index in [1.807, 2.05) is 0 Å². The van der Waals surface area contributed by atoms with Crippen LogP contribution in [0.1, 0.15) is 45.4 Å². The minimum atomic E-state index is 0.177. The van der Waals surface area contributed by atoms with E-state index in [-0.39, 0.29) is 5.91 Å². The summed E-state index contributed by atoms with van der Waals surface area (Å²) in [5.41, 5.74) is 0. The van der Waals surface area contributed by atoms with Crippen LogP contribution in [0.15, 0.2) is 0 Å². The molecule has 1 N–H and O–H groups in total. The third-order valence-electron chi connectivity index (χ3n) is 3.33. The zero-order chi connectivity index (χ0) is 11.1. The first-order valence-corrected chi connectivity index (χ1v) is 7.17. The Morgan fingerprint density at radius 3 is 2.60 bits per heavy atom. The molecule has 0 radical (unpaired) electrons. The van der Waals surface area contributed by atoms with Gasteiger partial charge in [-0.2, -0.15) is 0 Å². The standard InChI is InChI=1S/C12H22BrNO/c1-10-2-4-11(5-3-10)7-9-14-12(15)6-8-13/h10-11H,2-9H2,1H3,(H,14,15). The Balaban J connectivity index is 2.02. The largest absolute Gasteiger partial charge is 0.356 e. The Morgan fingerprint density at radius 2 is 2.00 bits per heavy atom. The lowest BCUT2D eigenvalue weighted by atomic mass is 9.81. The van der Waals surface area contributed by atoms with Crippen LogP contribution in [-0.4, -0.2) is 17.8 Å². The van der Waals surface area contributed by atoms with Crippen LogP contribution >= 0.6 is 15.9 Å². The predicted octanol–water partition coefficient (Wildman–Crippen LogP) is 3.10. The highest BCUT2D eigenvalue weighted by Crippen LogP contribution is 2.29. The summed E-state index contributed by atoms with van der Waals surface area (Å²) in [4.78, 5) is 11.2. The highest BCUT2D eigenvalue weighted by Gasteiger charge is 2.17. The Bertz CT molecular complexity index is 188. The number of hydrogen-bond acceptors (Lipinski definition) is 1. The van der Waals surface area contributed by atoms with Gasteiger partial charge in [0.1, 0.15) is 0 Å². The lowest BCUT2D eigenvalue weighted by Gasteiger charge is -2.26. The fourth-order valence-electron chi connectivity index (χ4n) is 2.21. The molecule has 0 heterocycles. The van der Waals surface area contributed by atoms with Gasteiger partial charge in [-0.25, -0.2) is 0 Å². The number of amides is 1. The van der Waals surface area contributed by atoms with Crippen LogP contribution in [0.4, 0.5) is 0 Å². The SMILES string of the molecule is CC1CCC(CCNC(=O)CCBr)CC1. The molecule has 3 heteroatoms. The lowest BCUT2D eigenvalue weighted by molar-refractivity contribution is -0.120. The molecular weight excluding hydrogens is 254 g/mol. The first-order chi connectivity index (χ1) is 7.22. The minimum absolute atomic E-state index is 0.177. The van der Waals surface area contributed by atoms with Crippen LogP contribution in [0.25, 0.3) is 0 Å². The van der Waals surface area contributed by atoms with Crippen LogP contribution < -0.4 is 5.32 Å². The first kappa shape index (κ1) is 13.0. The van der Waals surface area contributed by atoms with Crippen LogP contribution in [0.3, 0.4) is 0 Å². The molecule has 0 spiro atoms. The number of halogens is 1. The van der Waals surface area contributed by atoms with E-state index in [0.29, 0.717) is 6.42 Å². The molecule has 1 rings (SSSR count). The van der Waals surface area contributed by atoms with E-state index in [0.717, 1.165) is 23.7 Å². The summed E-state index contributed by atoms with van der Waals surface area (Å²) in [6, 6.07) is 0. The summed E-state index contributed by atoms with van der Waals surface area (Å²) < 4.78 is 0. The third kappa shape index (κ3) is 5.55. The quantitative estimate of drug-likeness (QED) is 0.768. The summed E-state index contributed by atoms with van der Waals surface area (Å²) in [6.07, 6.45) is 7.23. The number of carbonyl (C=O) groups excluding carboxylic acids is 1. The molecule has 0 aromatic heterocycles. The second-order valence-corrected chi connectivity index (χ2v) is 5.50. The fraction of sp³-hybridized carbons (Fsp3) is 0.917. The van der Waals surface area contributed by atoms with Gasteiger partial charge < -0.3 is 5.32 Å². The number of rotatable bonds is 5. The zero-order valence-corrected chi connectivity index (χ0v) is 11.2. The van der Waals surface area contributed by atoms with Gasteiger partial charge in [-0.05, 0) is 18.3 Å². The molecule has 0 aromatic carbocycles. The number of nitrogens with one attached hydrogen (secondary N) is 1. The Kier molecular flexibility index (Phi) is 6.30. The van der Waals surface area contributed by atoms with E-state index in [1.54, 1.807) is 0 Å². The van der Waals surface area contributed by atoms with Crippen LogP contribution in [0.5, 0.6) is 0 Å². The molecule has 0 unspecified atom stereocenters. The van der Waals surface area contributed by atoms with E-state index < -0.39 is 0 Å². The maximum Gasteiger partial charge on any atom is 0.220 e. The molecule has 1 fully saturated rings. The van der Waals surface area contributed by atoms with Crippen molar-refractivity contribution < 1.29 is 4.79 Å². The average molecular weight is 276 g/mol. The van der Waals surface area contributed by atoms with E-state index in [9.17, 15) is 4.79 Å². The van der Waals surface area contributed by atoms with Crippen molar-refractivity contribution in [2.45, 2.75) is 45.4 Å². The van der Waals surface area contributed by atoms with Gasteiger partial charge in [0.05, 0.1) is 0 Å². The van der Waals surface area contributed by atoms with Crippen molar-refractivity contribution in [1.82, 2.24) is 5.32 Å². The Hall–Kier alpha value is -0.0500. The van der Waals surface area contributed by atoms with Crippen molar-refractivity contribution in [2.75, 3.05) is 11.9 Å². The number of hydrogen-bond donors (Lipinski definition) is 1. The van der Waals surface area contributed by atoms with Crippen molar-refractivity contribution in [1.29, 1.82) is 0 Å². The second-order valence-electron chi connectivity index (χ2n) is 4.70. The highest BCUT2D eigenvalue weighted by molar-refractivity contribution is 9.09. The van der Waals surface area contributed by atoms with Crippen molar-refractivity contribution in [2.24, 2.45) is 11.8 Å². The van der Waals surface area contributed by atoms with Gasteiger partial charge in [-0.15, -0.1) is 0 Å². The maximum absolute atomic E-state index is 11.2. The molecular formula is C12H22BrNO. The van der Waals surface area contributed by atoms with Gasteiger partial charge in [-0.1, -0.05) is 48.5 Å². The number of alkyl halides is 1. The Labute approximate surface area is 101 Å². The molecule has 0 aromatic rings. The van der Waals surface area contributed by atoms with E-state index in [4.69, 9.17) is 0 Å². The molecule has 1 aliphatic carbocycles. The predicted molar refractivity (Wildman–Crippen MR) is 67.2 cm³/mol. The maximum atomic E-state index is 11.2. The van der Waals surface area contributed by atoms with Gasteiger partial charge in [0.2, 0.25) is 5.91 Å². The van der Waals surface area contributed by atoms with E-state index in [2.05, 4.69) is 28.2 Å². The Morgan fingerprint density at radius 1 is 1.33 bits per heavy atom. The zero-order valence-electron chi connectivity index (χ0n) is 9.60. The van der Waals surface area contributed by atoms with Gasteiger partial charge in [-0.3, -0.25) is 4.79 Å². The smallest absolute Gasteiger partial charge is 0.220 e. The molecule has 1 amide bonds. The molecule has 1 saturated carbocycles. The molecule has 0 saturated heterocycles. The summed E-state index contributed by atoms with van der Waals surface area (Å²) in [5.74, 6) is 1.95. The molecule has 88 valence electrons. The van der Waals surface area contributed by atoms with Gasteiger partial charge in [0.25, 0.3) is 0 Å². The second kappa shape index (κ2) is 7.26. The normalized spacial score (nSPS) is 26.3. The van der Waals surface area contributed by atoms with Crippen molar-refractivity contribution in [3.63, 3.8) is 0 Å². The molecule has 0 aliphatic heterocycles. The van der Waals surface area contributed by atoms with Crippen molar-refractivity contribution >= 4 is 21.8 Å². The van der Waals surface area contributed by atoms with Gasteiger partial charge in [0.15, 0.2) is 0 Å². The molecule has 0 atom stereocenters. The van der Waals surface area contributed by atoms with Crippen LogP contribution in [0, 0.1) is 11.8 Å². The highest BCUT2D eigenvalue weighted by atomic mass is 79.9. The molecule has 15 heavy (non-hydrogen) atoms. The average Bonchev–Trinajstić information content (AvgIpc) is 2.21. The summed E-state index contributed by atoms with van der Waals surface area (Å²) >= 11 is 3.26.